The molecule has 1 aliphatic rings. The molecule has 1 fully saturated rings. The van der Waals surface area contributed by atoms with Crippen molar-refractivity contribution in [1.29, 1.82) is 0 Å². The Morgan fingerprint density at radius 1 is 1.31 bits per heavy atom. The highest BCUT2D eigenvalue weighted by Gasteiger charge is 2.43. The summed E-state index contributed by atoms with van der Waals surface area (Å²) in [5, 5.41) is 0. The fourth-order valence-corrected chi connectivity index (χ4v) is 2.03. The van der Waals surface area contributed by atoms with Gasteiger partial charge < -0.3 is 20.1 Å². The number of nitrogens with two attached hydrogens (primary N) is 1. The standard InChI is InChI=1S/C11H15BrN2O2/c1-15-11(16-2)6-14(7-11)8-3-4-9(12)10(13)5-8/h3-5H,6-7,13H2,1-2H3. The molecule has 88 valence electrons. The third-order valence-electron chi connectivity index (χ3n) is 2.95. The van der Waals surface area contributed by atoms with Gasteiger partial charge in [-0.05, 0) is 34.1 Å². The average Bonchev–Trinajstić information content (AvgIpc) is 2.23. The Morgan fingerprint density at radius 2 is 1.94 bits per heavy atom. The molecule has 0 aliphatic carbocycles. The molecule has 0 spiro atoms. The van der Waals surface area contributed by atoms with E-state index in [1.807, 2.05) is 18.2 Å². The Kier molecular flexibility index (Phi) is 3.10. The molecule has 0 saturated carbocycles. The molecule has 1 saturated heterocycles. The van der Waals surface area contributed by atoms with E-state index >= 15 is 0 Å². The molecule has 5 heteroatoms. The van der Waals surface area contributed by atoms with Gasteiger partial charge >= 0.3 is 0 Å². The van der Waals surface area contributed by atoms with Gasteiger partial charge in [0.05, 0.1) is 13.1 Å². The first-order valence-corrected chi connectivity index (χ1v) is 5.80. The van der Waals surface area contributed by atoms with Gasteiger partial charge in [-0.3, -0.25) is 0 Å². The van der Waals surface area contributed by atoms with Crippen LogP contribution in [0, 0.1) is 0 Å². The number of hydrogen-bond donors (Lipinski definition) is 1. The van der Waals surface area contributed by atoms with Crippen molar-refractivity contribution in [2.75, 3.05) is 37.9 Å². The Labute approximate surface area is 103 Å². The van der Waals surface area contributed by atoms with Crippen LogP contribution >= 0.6 is 15.9 Å². The maximum Gasteiger partial charge on any atom is 0.203 e. The summed E-state index contributed by atoms with van der Waals surface area (Å²) in [6, 6.07) is 5.92. The predicted octanol–water partition coefficient (Wildman–Crippen LogP) is 1.84. The quantitative estimate of drug-likeness (QED) is 0.680. The molecule has 0 atom stereocenters. The number of nitrogens with zero attached hydrogens (tertiary/aromatic N) is 1. The largest absolute Gasteiger partial charge is 0.398 e. The molecule has 1 heterocycles. The highest BCUT2D eigenvalue weighted by atomic mass is 79.9. The lowest BCUT2D eigenvalue weighted by atomic mass is 10.1. The zero-order valence-corrected chi connectivity index (χ0v) is 11.0. The van der Waals surface area contributed by atoms with Crippen LogP contribution in [0.4, 0.5) is 11.4 Å². The summed E-state index contributed by atoms with van der Waals surface area (Å²) in [5.74, 6) is -0.457. The topological polar surface area (TPSA) is 47.7 Å². The van der Waals surface area contributed by atoms with Crippen molar-refractivity contribution in [1.82, 2.24) is 0 Å². The fourth-order valence-electron chi connectivity index (χ4n) is 1.79. The molecule has 0 radical (unpaired) electrons. The Balaban J connectivity index is 2.09. The molecular formula is C11H15BrN2O2. The lowest BCUT2D eigenvalue weighted by Crippen LogP contribution is -2.64. The van der Waals surface area contributed by atoms with Crippen LogP contribution in [0.2, 0.25) is 0 Å². The lowest BCUT2D eigenvalue weighted by Gasteiger charge is -2.48. The van der Waals surface area contributed by atoms with Crippen molar-refractivity contribution in [3.8, 4) is 0 Å². The molecule has 16 heavy (non-hydrogen) atoms. The van der Waals surface area contributed by atoms with Gasteiger partial charge in [-0.15, -0.1) is 0 Å². The summed E-state index contributed by atoms with van der Waals surface area (Å²) >= 11 is 3.38. The molecule has 2 rings (SSSR count). The van der Waals surface area contributed by atoms with Crippen LogP contribution in [0.1, 0.15) is 0 Å². The van der Waals surface area contributed by atoms with E-state index in [0.29, 0.717) is 0 Å². The second-order valence-corrected chi connectivity index (χ2v) is 4.74. The average molecular weight is 287 g/mol. The van der Waals surface area contributed by atoms with Crippen LogP contribution in [0.5, 0.6) is 0 Å². The van der Waals surface area contributed by atoms with Gasteiger partial charge in [-0.1, -0.05) is 0 Å². The van der Waals surface area contributed by atoms with Gasteiger partial charge in [0.25, 0.3) is 0 Å². The van der Waals surface area contributed by atoms with Gasteiger partial charge in [0.15, 0.2) is 0 Å². The molecular weight excluding hydrogens is 272 g/mol. The van der Waals surface area contributed by atoms with Crippen LogP contribution in [0.25, 0.3) is 0 Å². The van der Waals surface area contributed by atoms with E-state index in [9.17, 15) is 0 Å². The van der Waals surface area contributed by atoms with Crippen molar-refractivity contribution in [2.45, 2.75) is 5.79 Å². The minimum Gasteiger partial charge on any atom is -0.398 e. The van der Waals surface area contributed by atoms with E-state index in [1.165, 1.54) is 0 Å². The zero-order chi connectivity index (χ0) is 11.8. The van der Waals surface area contributed by atoms with Crippen LogP contribution in [-0.4, -0.2) is 33.1 Å². The third-order valence-corrected chi connectivity index (χ3v) is 3.67. The van der Waals surface area contributed by atoms with Crippen LogP contribution in [0.3, 0.4) is 0 Å². The van der Waals surface area contributed by atoms with E-state index < -0.39 is 5.79 Å². The van der Waals surface area contributed by atoms with E-state index in [2.05, 4.69) is 20.8 Å². The zero-order valence-electron chi connectivity index (χ0n) is 9.37. The highest BCUT2D eigenvalue weighted by Crippen LogP contribution is 2.33. The predicted molar refractivity (Wildman–Crippen MR) is 67.5 cm³/mol. The molecule has 1 aromatic carbocycles. The lowest BCUT2D eigenvalue weighted by molar-refractivity contribution is -0.219. The monoisotopic (exact) mass is 286 g/mol. The molecule has 0 unspecified atom stereocenters. The number of halogens is 1. The van der Waals surface area contributed by atoms with Crippen molar-refractivity contribution >= 4 is 27.3 Å². The van der Waals surface area contributed by atoms with Gasteiger partial charge in [-0.2, -0.15) is 0 Å². The molecule has 1 aromatic rings. The van der Waals surface area contributed by atoms with Crippen molar-refractivity contribution < 1.29 is 9.47 Å². The number of nitrogen functional groups attached to an aromatic ring is 1. The maximum absolute atomic E-state index is 5.83. The summed E-state index contributed by atoms with van der Waals surface area (Å²) in [6.45, 7) is 1.45. The Hall–Kier alpha value is -0.780. The maximum atomic E-state index is 5.83. The molecule has 0 amide bonds. The number of rotatable bonds is 3. The summed E-state index contributed by atoms with van der Waals surface area (Å²) in [6.07, 6.45) is 0. The van der Waals surface area contributed by atoms with E-state index in [-0.39, 0.29) is 0 Å². The van der Waals surface area contributed by atoms with Crippen molar-refractivity contribution in [3.05, 3.63) is 22.7 Å². The Morgan fingerprint density at radius 3 is 2.44 bits per heavy atom. The number of benzene rings is 1. The SMILES string of the molecule is COC1(OC)CN(c2ccc(Br)c(N)c2)C1. The fraction of sp³-hybridized carbons (Fsp3) is 0.455. The van der Waals surface area contributed by atoms with E-state index in [1.54, 1.807) is 14.2 Å². The van der Waals surface area contributed by atoms with Crippen LogP contribution < -0.4 is 10.6 Å². The second kappa shape index (κ2) is 4.24. The smallest absolute Gasteiger partial charge is 0.203 e. The molecule has 2 N–H and O–H groups in total. The summed E-state index contributed by atoms with van der Waals surface area (Å²) < 4.78 is 11.6. The third kappa shape index (κ3) is 1.90. The van der Waals surface area contributed by atoms with Crippen LogP contribution in [0.15, 0.2) is 22.7 Å². The normalized spacial score (nSPS) is 18.3. The molecule has 1 aliphatic heterocycles. The van der Waals surface area contributed by atoms with E-state index in [0.717, 1.165) is 28.9 Å². The number of hydrogen-bond acceptors (Lipinski definition) is 4. The van der Waals surface area contributed by atoms with Crippen molar-refractivity contribution in [3.63, 3.8) is 0 Å². The summed E-state index contributed by atoms with van der Waals surface area (Å²) in [7, 11) is 3.33. The first kappa shape index (κ1) is 11.7. The summed E-state index contributed by atoms with van der Waals surface area (Å²) in [4.78, 5) is 2.16. The highest BCUT2D eigenvalue weighted by molar-refractivity contribution is 9.10. The second-order valence-electron chi connectivity index (χ2n) is 3.88. The van der Waals surface area contributed by atoms with Gasteiger partial charge in [0.2, 0.25) is 5.79 Å². The Bertz CT molecular complexity index is 386. The first-order valence-electron chi connectivity index (χ1n) is 5.00. The summed E-state index contributed by atoms with van der Waals surface area (Å²) in [5.41, 5.74) is 7.66. The van der Waals surface area contributed by atoms with Crippen molar-refractivity contribution in [2.24, 2.45) is 0 Å². The van der Waals surface area contributed by atoms with E-state index in [4.69, 9.17) is 15.2 Å². The number of methoxy groups -OCH3 is 2. The van der Waals surface area contributed by atoms with Gasteiger partial charge in [0.1, 0.15) is 0 Å². The minimum absolute atomic E-state index is 0.457. The number of ether oxygens (including phenoxy) is 2. The molecule has 0 bridgehead atoms. The number of anilines is 2. The molecule has 4 nitrogen and oxygen atoms in total. The van der Waals surface area contributed by atoms with Gasteiger partial charge in [-0.25, -0.2) is 0 Å². The molecule has 0 aromatic heterocycles. The minimum atomic E-state index is -0.457. The first-order chi connectivity index (χ1) is 7.60. The van der Waals surface area contributed by atoms with Gasteiger partial charge in [0, 0.05) is 30.1 Å². The van der Waals surface area contributed by atoms with Crippen LogP contribution in [-0.2, 0) is 9.47 Å².